The number of nitrogens with zero attached hydrogens (tertiary/aromatic N) is 1. The van der Waals surface area contributed by atoms with Gasteiger partial charge in [0.2, 0.25) is 0 Å². The van der Waals surface area contributed by atoms with E-state index in [0.717, 1.165) is 0 Å². The Hall–Kier alpha value is 0.242. The second-order valence-corrected chi connectivity index (χ2v) is 9.75. The first kappa shape index (κ1) is 16.7. The van der Waals surface area contributed by atoms with E-state index in [4.69, 9.17) is 0 Å². The smallest absolute Gasteiger partial charge is 0.124 e. The highest BCUT2D eigenvalue weighted by atomic mass is 28.3. The third kappa shape index (κ3) is 7.63. The molecule has 0 saturated carbocycles. The number of hydrogen-bond acceptors (Lipinski definition) is 1. The molecule has 0 radical (unpaired) electrons. The van der Waals surface area contributed by atoms with Crippen molar-refractivity contribution >= 4 is 15.5 Å². The van der Waals surface area contributed by atoms with E-state index in [2.05, 4.69) is 52.9 Å². The Morgan fingerprint density at radius 1 is 0.929 bits per heavy atom. The minimum atomic E-state index is -0.941. The zero-order valence-electron chi connectivity index (χ0n) is 11.5. The van der Waals surface area contributed by atoms with Gasteiger partial charge in [-0.05, 0) is 26.2 Å². The van der Waals surface area contributed by atoms with Crippen LogP contribution in [0.15, 0.2) is 0 Å². The van der Waals surface area contributed by atoms with Crippen LogP contribution in [0.3, 0.4) is 0 Å². The van der Waals surface area contributed by atoms with Crippen molar-refractivity contribution in [2.45, 2.75) is 59.0 Å². The maximum atomic E-state index is 2.44. The highest BCUT2D eigenvalue weighted by molar-refractivity contribution is 6.75. The summed E-state index contributed by atoms with van der Waals surface area (Å²) in [5.74, 6) is 0. The van der Waals surface area contributed by atoms with E-state index in [1.54, 1.807) is 0 Å². The number of hydrogen-bond donors (Lipinski definition) is 0. The predicted octanol–water partition coefficient (Wildman–Crippen LogP) is 3.46. The van der Waals surface area contributed by atoms with E-state index in [1.165, 1.54) is 32.0 Å². The average Bonchev–Trinajstić information content (AvgIpc) is 2.18. The van der Waals surface area contributed by atoms with Gasteiger partial charge in [0.1, 0.15) is 15.5 Å². The van der Waals surface area contributed by atoms with E-state index < -0.39 is 8.24 Å². The first-order valence-corrected chi connectivity index (χ1v) is 9.01. The van der Waals surface area contributed by atoms with Crippen LogP contribution in [0.4, 0.5) is 0 Å². The molecule has 0 rings (SSSR count). The molecular formula is C11H30BNSi. The van der Waals surface area contributed by atoms with Gasteiger partial charge in [-0.3, -0.25) is 0 Å². The van der Waals surface area contributed by atoms with Gasteiger partial charge in [-0.2, -0.15) is 0 Å². The minimum Gasteiger partial charge on any atom is -0.329 e. The molecule has 0 amide bonds. The molecule has 0 aromatic carbocycles. The van der Waals surface area contributed by atoms with E-state index in [0.29, 0.717) is 0 Å². The molecule has 0 aliphatic heterocycles. The monoisotopic (exact) mass is 215 g/mol. The Kier molecular flexibility index (Phi) is 11.6. The maximum absolute atomic E-state index is 2.44. The van der Waals surface area contributed by atoms with Crippen LogP contribution in [0.2, 0.25) is 31.3 Å². The Balaban J connectivity index is 0. The van der Waals surface area contributed by atoms with Gasteiger partial charge in [0.25, 0.3) is 0 Å². The normalized spacial score (nSPS) is 10.9. The summed E-state index contributed by atoms with van der Waals surface area (Å²) in [5, 5.41) is 0. The Morgan fingerprint density at radius 2 is 1.29 bits per heavy atom. The lowest BCUT2D eigenvalue weighted by atomic mass is 9.73. The highest BCUT2D eigenvalue weighted by Crippen LogP contribution is 2.15. The van der Waals surface area contributed by atoms with Crippen molar-refractivity contribution in [2.24, 2.45) is 0 Å². The standard InChI is InChI=1S/C7H19NSi.C4H11B/c1-6-9(5,7-2)8(3)4;1-3-5-4-2/h6-7H2,1-5H3;5H,3-4H2,1-2H3. The van der Waals surface area contributed by atoms with Crippen LogP contribution in [0.5, 0.6) is 0 Å². The molecule has 0 heterocycles. The summed E-state index contributed by atoms with van der Waals surface area (Å²) >= 11 is 0. The van der Waals surface area contributed by atoms with E-state index in [-0.39, 0.29) is 0 Å². The topological polar surface area (TPSA) is 3.24 Å². The summed E-state index contributed by atoms with van der Waals surface area (Å²) in [6.07, 6.45) is 2.69. The summed E-state index contributed by atoms with van der Waals surface area (Å²) in [4.78, 5) is 0. The van der Waals surface area contributed by atoms with Crippen molar-refractivity contribution in [3.05, 3.63) is 0 Å². The molecule has 0 atom stereocenters. The van der Waals surface area contributed by atoms with Crippen molar-refractivity contribution < 1.29 is 0 Å². The molecule has 1 nitrogen and oxygen atoms in total. The van der Waals surface area contributed by atoms with Crippen molar-refractivity contribution in [1.82, 2.24) is 4.57 Å². The lowest BCUT2D eigenvalue weighted by molar-refractivity contribution is 0.611. The van der Waals surface area contributed by atoms with Gasteiger partial charge in [-0.1, -0.05) is 46.9 Å². The van der Waals surface area contributed by atoms with Crippen molar-refractivity contribution in [2.75, 3.05) is 14.1 Å². The number of rotatable bonds is 5. The molecule has 3 heteroatoms. The van der Waals surface area contributed by atoms with Gasteiger partial charge in [-0.25, -0.2) is 0 Å². The van der Waals surface area contributed by atoms with E-state index in [1.807, 2.05) is 0 Å². The predicted molar refractivity (Wildman–Crippen MR) is 74.4 cm³/mol. The first-order valence-electron chi connectivity index (χ1n) is 6.15. The quantitative estimate of drug-likeness (QED) is 0.635. The molecule has 86 valence electrons. The van der Waals surface area contributed by atoms with Crippen LogP contribution in [0, 0.1) is 0 Å². The Morgan fingerprint density at radius 3 is 1.29 bits per heavy atom. The van der Waals surface area contributed by atoms with E-state index in [9.17, 15) is 0 Å². The van der Waals surface area contributed by atoms with Crippen LogP contribution in [0.25, 0.3) is 0 Å². The van der Waals surface area contributed by atoms with Crippen LogP contribution in [-0.2, 0) is 0 Å². The average molecular weight is 215 g/mol. The molecule has 0 aliphatic carbocycles. The van der Waals surface area contributed by atoms with Crippen LogP contribution in [0.1, 0.15) is 27.7 Å². The zero-order chi connectivity index (χ0) is 11.6. The second-order valence-electron chi connectivity index (χ2n) is 4.45. The van der Waals surface area contributed by atoms with Crippen LogP contribution >= 0.6 is 0 Å². The molecule has 0 aromatic rings. The summed E-state index contributed by atoms with van der Waals surface area (Å²) < 4.78 is 2.44. The van der Waals surface area contributed by atoms with Crippen LogP contribution < -0.4 is 0 Å². The molecule has 14 heavy (non-hydrogen) atoms. The zero-order valence-corrected chi connectivity index (χ0v) is 12.5. The summed E-state index contributed by atoms with van der Waals surface area (Å²) in [6.45, 7) is 11.5. The molecule has 0 aliphatic rings. The van der Waals surface area contributed by atoms with Gasteiger partial charge in [0.05, 0.1) is 0 Å². The van der Waals surface area contributed by atoms with Crippen molar-refractivity contribution in [3.8, 4) is 0 Å². The SMILES string of the molecule is CCBCC.CC[Si](C)(CC)N(C)C. The summed E-state index contributed by atoms with van der Waals surface area (Å²) in [7, 11) is 4.86. The van der Waals surface area contributed by atoms with Crippen molar-refractivity contribution in [1.29, 1.82) is 0 Å². The highest BCUT2D eigenvalue weighted by Gasteiger charge is 2.24. The Bertz CT molecular complexity index is 112. The molecule has 0 aromatic heterocycles. The maximum Gasteiger partial charge on any atom is 0.124 e. The Labute approximate surface area is 93.6 Å². The molecule has 0 bridgehead atoms. The summed E-state index contributed by atoms with van der Waals surface area (Å²) in [5.41, 5.74) is 0. The fourth-order valence-electron chi connectivity index (χ4n) is 1.24. The molecule has 0 spiro atoms. The molecule has 0 N–H and O–H groups in total. The molecule has 0 fully saturated rings. The second kappa shape index (κ2) is 9.78. The van der Waals surface area contributed by atoms with Gasteiger partial charge < -0.3 is 4.57 Å². The minimum absolute atomic E-state index is 0.941. The summed E-state index contributed by atoms with van der Waals surface area (Å²) in [6, 6.07) is 2.74. The lowest BCUT2D eigenvalue weighted by Gasteiger charge is -2.31. The van der Waals surface area contributed by atoms with Gasteiger partial charge in [-0.15, -0.1) is 0 Å². The lowest BCUT2D eigenvalue weighted by Crippen LogP contribution is -2.44. The van der Waals surface area contributed by atoms with Gasteiger partial charge in [0.15, 0.2) is 0 Å². The van der Waals surface area contributed by atoms with Crippen molar-refractivity contribution in [3.63, 3.8) is 0 Å². The van der Waals surface area contributed by atoms with Gasteiger partial charge >= 0.3 is 0 Å². The largest absolute Gasteiger partial charge is 0.329 e. The van der Waals surface area contributed by atoms with E-state index >= 15 is 0 Å². The third-order valence-corrected chi connectivity index (χ3v) is 8.52. The molecular weight excluding hydrogens is 185 g/mol. The fraction of sp³-hybridized carbons (Fsp3) is 1.00. The molecule has 0 saturated heterocycles. The first-order chi connectivity index (χ1) is 6.48. The fourth-order valence-corrected chi connectivity index (χ4v) is 3.00. The van der Waals surface area contributed by atoms with Crippen LogP contribution in [-0.4, -0.2) is 34.2 Å². The van der Waals surface area contributed by atoms with Gasteiger partial charge in [0, 0.05) is 0 Å². The third-order valence-electron chi connectivity index (χ3n) is 3.31. The molecule has 0 unspecified atom stereocenters.